The fourth-order valence-corrected chi connectivity index (χ4v) is 5.43. The van der Waals surface area contributed by atoms with E-state index < -0.39 is 0 Å². The van der Waals surface area contributed by atoms with E-state index in [4.69, 9.17) is 4.74 Å². The lowest BCUT2D eigenvalue weighted by Gasteiger charge is -2.32. The Bertz CT molecular complexity index is 1380. The molecule has 228 valence electrons. The van der Waals surface area contributed by atoms with Crippen molar-refractivity contribution in [3.05, 3.63) is 53.6 Å². The summed E-state index contributed by atoms with van der Waals surface area (Å²) in [5, 5.41) is 21.9. The number of nitrogens with zero attached hydrogens (tertiary/aromatic N) is 4. The highest BCUT2D eigenvalue weighted by molar-refractivity contribution is 6.26. The molecule has 1 atom stereocenters. The molecule has 0 saturated carbocycles. The predicted molar refractivity (Wildman–Crippen MR) is 168 cm³/mol. The first-order chi connectivity index (χ1) is 19.0. The van der Waals surface area contributed by atoms with Crippen LogP contribution in [0.5, 0.6) is 5.75 Å². The number of aliphatic hydroxyl groups excluding tert-OH is 1. The Morgan fingerprint density at radius 1 is 1.05 bits per heavy atom. The number of urea groups is 1. The molecule has 42 heavy (non-hydrogen) atoms. The van der Waals surface area contributed by atoms with Crippen molar-refractivity contribution < 1.29 is 19.4 Å². The van der Waals surface area contributed by atoms with Crippen molar-refractivity contribution >= 4 is 54.7 Å². The van der Waals surface area contributed by atoms with E-state index in [2.05, 4.69) is 37.8 Å². The van der Waals surface area contributed by atoms with E-state index >= 15 is 0 Å². The number of aromatic nitrogens is 2. The predicted octanol–water partition coefficient (Wildman–Crippen LogP) is 3.28. The minimum Gasteiger partial charge on any atom is -0.492 e. The highest BCUT2D eigenvalue weighted by Crippen LogP contribution is 2.43. The molecule has 14 heteroatoms. The Balaban J connectivity index is 0.00000161. The summed E-state index contributed by atoms with van der Waals surface area (Å²) in [6.07, 6.45) is 0.576. The lowest BCUT2D eigenvalue weighted by molar-refractivity contribution is 0.104. The van der Waals surface area contributed by atoms with Gasteiger partial charge < -0.3 is 20.1 Å². The van der Waals surface area contributed by atoms with E-state index in [1.165, 1.54) is 0 Å². The molecule has 2 saturated heterocycles. The minimum absolute atomic E-state index is 0. The van der Waals surface area contributed by atoms with E-state index in [9.17, 15) is 14.7 Å². The quantitative estimate of drug-likeness (QED) is 0.243. The normalized spacial score (nSPS) is 18.2. The fourth-order valence-electron chi connectivity index (χ4n) is 5.43. The highest BCUT2D eigenvalue weighted by Gasteiger charge is 2.35. The molecule has 1 aromatic heterocycles. The van der Waals surface area contributed by atoms with Crippen LogP contribution in [0.15, 0.2) is 42.5 Å². The van der Waals surface area contributed by atoms with Crippen LogP contribution in [-0.2, 0) is 0 Å². The molecule has 0 unspecified atom stereocenters. The number of β-amino-alcohol motifs (C(OH)–C–C–N with tert-alkyl or cyclic N) is 1. The maximum Gasteiger partial charge on any atom is 0.333 e. The number of benzene rings is 2. The van der Waals surface area contributed by atoms with Crippen LogP contribution >= 0.6 is 37.2 Å². The number of anilines is 1. The van der Waals surface area contributed by atoms with Crippen LogP contribution in [0.4, 0.5) is 10.5 Å². The van der Waals surface area contributed by atoms with Crippen molar-refractivity contribution in [3.8, 4) is 28.3 Å². The van der Waals surface area contributed by atoms with Crippen LogP contribution in [0.2, 0.25) is 0 Å². The highest BCUT2D eigenvalue weighted by atomic mass is 35.5. The van der Waals surface area contributed by atoms with Crippen LogP contribution in [0.1, 0.15) is 22.3 Å². The van der Waals surface area contributed by atoms with Crippen LogP contribution in [-0.4, -0.2) is 107 Å². The first kappa shape index (κ1) is 33.6. The number of hydrazine groups is 1. The molecule has 11 nitrogen and oxygen atoms in total. The second-order valence-corrected chi connectivity index (χ2v) is 10.4. The maximum atomic E-state index is 13.6. The summed E-state index contributed by atoms with van der Waals surface area (Å²) in [5.74, 6) is 0.561. The standard InChI is InChI=1S/C28H33N7O4.3ClH/c1-33-11-13-35(14-12-33)32-28(38)29-22-4-2-3-21-23(22)27(37)24-25(30-31-26(21)24)18-5-7-20(8-6-18)39-16-15-34-10-9-19(36)17-34;;;/h2-8,19,36H,9-17H2,1H3,(H,30,31)(H2,29,32,38);3*1H/t19-;;;/m0.../s1. The molecule has 4 N–H and O–H groups in total. The zero-order valence-corrected chi connectivity index (χ0v) is 25.6. The number of likely N-dealkylation sites (N-methyl/N-ethyl adjacent to an activating group) is 1. The number of aliphatic hydroxyl groups is 1. The van der Waals surface area contributed by atoms with Crippen LogP contribution < -0.4 is 15.5 Å². The number of nitrogens with one attached hydrogen (secondary N) is 3. The number of rotatable bonds is 7. The smallest absolute Gasteiger partial charge is 0.333 e. The van der Waals surface area contributed by atoms with Gasteiger partial charge in [0.15, 0.2) is 5.78 Å². The number of hydrogen-bond donors (Lipinski definition) is 4. The maximum absolute atomic E-state index is 13.6. The van der Waals surface area contributed by atoms with Crippen molar-refractivity contribution in [2.24, 2.45) is 0 Å². The summed E-state index contributed by atoms with van der Waals surface area (Å²) < 4.78 is 5.88. The van der Waals surface area contributed by atoms with Gasteiger partial charge in [-0.25, -0.2) is 9.80 Å². The fraction of sp³-hybridized carbons (Fsp3) is 0.393. The van der Waals surface area contributed by atoms with Gasteiger partial charge in [0.1, 0.15) is 18.1 Å². The van der Waals surface area contributed by atoms with E-state index in [1.807, 2.05) is 41.4 Å². The third kappa shape index (κ3) is 7.00. The molecule has 3 aromatic rings. The van der Waals surface area contributed by atoms with Crippen molar-refractivity contribution in [1.82, 2.24) is 30.4 Å². The summed E-state index contributed by atoms with van der Waals surface area (Å²) in [6, 6.07) is 12.6. The third-order valence-corrected chi connectivity index (χ3v) is 7.62. The van der Waals surface area contributed by atoms with Gasteiger partial charge in [-0.05, 0) is 43.8 Å². The number of fused-ring (bicyclic) bond motifs is 3. The van der Waals surface area contributed by atoms with E-state index in [0.29, 0.717) is 41.4 Å². The van der Waals surface area contributed by atoms with Crippen LogP contribution in [0, 0.1) is 0 Å². The molecule has 6 rings (SSSR count). The van der Waals surface area contributed by atoms with Gasteiger partial charge in [-0.1, -0.05) is 12.1 Å². The molecule has 2 aromatic carbocycles. The average Bonchev–Trinajstić information content (AvgIpc) is 3.63. The first-order valence-corrected chi connectivity index (χ1v) is 13.4. The molecule has 2 fully saturated rings. The Hall–Kier alpha value is -2.90. The van der Waals surface area contributed by atoms with E-state index in [1.54, 1.807) is 6.07 Å². The number of amides is 2. The topological polar surface area (TPSA) is 126 Å². The summed E-state index contributed by atoms with van der Waals surface area (Å²) in [5.41, 5.74) is 7.05. The molecule has 2 aliphatic heterocycles. The Morgan fingerprint density at radius 2 is 1.79 bits per heavy atom. The number of ketones is 1. The van der Waals surface area contributed by atoms with Gasteiger partial charge in [-0.3, -0.25) is 20.2 Å². The Morgan fingerprint density at radius 3 is 2.48 bits per heavy atom. The number of carbonyl (C=O) groups is 2. The van der Waals surface area contributed by atoms with Crippen LogP contribution in [0.25, 0.3) is 22.5 Å². The second-order valence-electron chi connectivity index (χ2n) is 10.4. The molecule has 0 radical (unpaired) electrons. The van der Waals surface area contributed by atoms with Crippen molar-refractivity contribution in [3.63, 3.8) is 0 Å². The summed E-state index contributed by atoms with van der Waals surface area (Å²) >= 11 is 0. The summed E-state index contributed by atoms with van der Waals surface area (Å²) in [4.78, 5) is 30.8. The first-order valence-electron chi connectivity index (χ1n) is 13.4. The number of ether oxygens (including phenoxy) is 1. The van der Waals surface area contributed by atoms with Gasteiger partial charge in [-0.15, -0.1) is 37.2 Å². The van der Waals surface area contributed by atoms with Gasteiger partial charge in [0, 0.05) is 56.9 Å². The third-order valence-electron chi connectivity index (χ3n) is 7.62. The van der Waals surface area contributed by atoms with E-state index in [-0.39, 0.29) is 55.1 Å². The molecular formula is C28H36Cl3N7O4. The number of piperazine rings is 1. The zero-order valence-electron chi connectivity index (χ0n) is 23.2. The lowest BCUT2D eigenvalue weighted by atomic mass is 10.0. The summed E-state index contributed by atoms with van der Waals surface area (Å²) in [7, 11) is 2.06. The number of H-pyrrole nitrogens is 1. The Labute approximate surface area is 263 Å². The number of aromatic amines is 1. The van der Waals surface area contributed by atoms with E-state index in [0.717, 1.165) is 62.6 Å². The molecular weight excluding hydrogens is 605 g/mol. The SMILES string of the molecule is CN1CCN(NC(=O)Nc2cccc3c2C(=O)c2c(-c4ccc(OCCN5CC[C@H](O)C5)cc4)n[nH]c2-3)CC1.Cl.Cl.Cl. The zero-order chi connectivity index (χ0) is 26.9. The van der Waals surface area contributed by atoms with Gasteiger partial charge in [0.2, 0.25) is 0 Å². The van der Waals surface area contributed by atoms with Crippen molar-refractivity contribution in [2.45, 2.75) is 12.5 Å². The summed E-state index contributed by atoms with van der Waals surface area (Å²) in [6.45, 7) is 6.12. The van der Waals surface area contributed by atoms with Crippen molar-refractivity contribution in [2.75, 3.05) is 64.8 Å². The number of halogens is 3. The second kappa shape index (κ2) is 14.5. The van der Waals surface area contributed by atoms with Gasteiger partial charge >= 0.3 is 6.03 Å². The number of carbonyl (C=O) groups excluding carboxylic acids is 2. The van der Waals surface area contributed by atoms with Gasteiger partial charge in [-0.2, -0.15) is 5.10 Å². The minimum atomic E-state index is -0.369. The molecule has 3 aliphatic rings. The number of likely N-dealkylation sites (tertiary alicyclic amines) is 1. The Kier molecular flexibility index (Phi) is 11.6. The molecule has 3 heterocycles. The van der Waals surface area contributed by atoms with Gasteiger partial charge in [0.05, 0.1) is 28.6 Å². The monoisotopic (exact) mass is 639 g/mol. The molecule has 0 spiro atoms. The van der Waals surface area contributed by atoms with Crippen molar-refractivity contribution in [1.29, 1.82) is 0 Å². The average molecular weight is 641 g/mol. The largest absolute Gasteiger partial charge is 0.492 e. The molecule has 1 aliphatic carbocycles. The lowest BCUT2D eigenvalue weighted by Crippen LogP contribution is -2.53. The molecule has 0 bridgehead atoms. The molecule has 2 amide bonds. The van der Waals surface area contributed by atoms with Crippen LogP contribution in [0.3, 0.4) is 0 Å². The van der Waals surface area contributed by atoms with Gasteiger partial charge in [0.25, 0.3) is 0 Å². The number of hydrogen-bond acceptors (Lipinski definition) is 8.